The molecule has 0 unspecified atom stereocenters. The molecule has 0 aromatic heterocycles. The Morgan fingerprint density at radius 1 is 0.811 bits per heavy atom. The molecule has 0 saturated carbocycles. The first-order valence-electron chi connectivity index (χ1n) is 12.0. The van der Waals surface area contributed by atoms with Gasteiger partial charge < -0.3 is 10.1 Å². The van der Waals surface area contributed by atoms with E-state index >= 15 is 0 Å². The highest BCUT2D eigenvalue weighted by Crippen LogP contribution is 2.29. The fraction of sp³-hybridized carbons (Fsp3) is 0.167. The minimum Gasteiger partial charge on any atom is -0.455 e. The molecule has 190 valence electrons. The third-order valence-corrected chi connectivity index (χ3v) is 7.66. The normalized spacial score (nSPS) is 12.1. The van der Waals surface area contributed by atoms with Crippen LogP contribution in [0.2, 0.25) is 0 Å². The minimum atomic E-state index is -4.00. The molecule has 0 aliphatic heterocycles. The number of sulfonamides is 1. The smallest absolute Gasteiger partial charge is 0.243 e. The molecule has 4 aromatic carbocycles. The Bertz CT molecular complexity index is 1460. The van der Waals surface area contributed by atoms with Gasteiger partial charge in [0.1, 0.15) is 11.8 Å². The van der Waals surface area contributed by atoms with E-state index in [2.05, 4.69) is 10.0 Å². The Kier molecular flexibility index (Phi) is 8.06. The number of hydrogen-bond donors (Lipinski definition) is 2. The zero-order valence-corrected chi connectivity index (χ0v) is 21.9. The molecule has 0 radical (unpaired) electrons. The lowest BCUT2D eigenvalue weighted by Gasteiger charge is -2.21. The van der Waals surface area contributed by atoms with Gasteiger partial charge in [-0.3, -0.25) is 4.79 Å². The molecule has 0 bridgehead atoms. The van der Waals surface area contributed by atoms with Gasteiger partial charge in [-0.05, 0) is 68.1 Å². The van der Waals surface area contributed by atoms with E-state index in [1.807, 2.05) is 79.7 Å². The van der Waals surface area contributed by atoms with E-state index in [4.69, 9.17) is 4.74 Å². The maximum atomic E-state index is 13.6. The molecular weight excluding hydrogens is 484 g/mol. The largest absolute Gasteiger partial charge is 0.455 e. The molecular formula is C30H30N2O4S. The summed E-state index contributed by atoms with van der Waals surface area (Å²) in [4.78, 5) is 13.8. The lowest BCUT2D eigenvalue weighted by atomic mass is 10.1. The van der Waals surface area contributed by atoms with Crippen molar-refractivity contribution in [3.8, 4) is 11.5 Å². The van der Waals surface area contributed by atoms with Crippen LogP contribution in [0, 0.1) is 20.8 Å². The number of carbonyl (C=O) groups is 1. The molecule has 0 spiro atoms. The fourth-order valence-corrected chi connectivity index (χ4v) is 6.02. The van der Waals surface area contributed by atoms with Crippen LogP contribution in [0.5, 0.6) is 11.5 Å². The van der Waals surface area contributed by atoms with E-state index in [-0.39, 0.29) is 11.3 Å². The van der Waals surface area contributed by atoms with E-state index in [1.165, 1.54) is 0 Å². The summed E-state index contributed by atoms with van der Waals surface area (Å²) < 4.78 is 35.7. The third kappa shape index (κ3) is 6.64. The van der Waals surface area contributed by atoms with Crippen LogP contribution >= 0.6 is 0 Å². The summed E-state index contributed by atoms with van der Waals surface area (Å²) in [5.74, 6) is 0.587. The standard InChI is InChI=1S/C30H30N2O4S/c1-21-18-22(2)29(23(3)19-21)37(34,35)32-27(20-24-12-6-4-7-13-24)30(33)31-26-16-10-11-17-28(26)36-25-14-8-5-9-15-25/h4-19,27,32H,20H2,1-3H3,(H,31,33)/t27-/m1/s1. The molecule has 0 aliphatic rings. The van der Waals surface area contributed by atoms with Crippen molar-refractivity contribution < 1.29 is 17.9 Å². The van der Waals surface area contributed by atoms with Gasteiger partial charge in [0, 0.05) is 0 Å². The predicted molar refractivity (Wildman–Crippen MR) is 146 cm³/mol. The molecule has 4 rings (SSSR count). The van der Waals surface area contributed by atoms with Crippen molar-refractivity contribution in [2.24, 2.45) is 0 Å². The fourth-order valence-electron chi connectivity index (χ4n) is 4.37. The maximum Gasteiger partial charge on any atom is 0.243 e. The SMILES string of the molecule is Cc1cc(C)c(S(=O)(=O)N[C@H](Cc2ccccc2)C(=O)Nc2ccccc2Oc2ccccc2)c(C)c1. The van der Waals surface area contributed by atoms with Crippen LogP contribution in [0.4, 0.5) is 5.69 Å². The molecule has 0 fully saturated rings. The first-order valence-corrected chi connectivity index (χ1v) is 13.5. The van der Waals surface area contributed by atoms with E-state index in [0.29, 0.717) is 28.3 Å². The van der Waals surface area contributed by atoms with E-state index in [0.717, 1.165) is 11.1 Å². The Hall–Kier alpha value is -3.94. The monoisotopic (exact) mass is 514 g/mol. The quantitative estimate of drug-likeness (QED) is 0.290. The van der Waals surface area contributed by atoms with Crippen molar-refractivity contribution >= 4 is 21.6 Å². The van der Waals surface area contributed by atoms with E-state index in [1.54, 1.807) is 38.1 Å². The molecule has 4 aromatic rings. The van der Waals surface area contributed by atoms with Crippen LogP contribution in [0.1, 0.15) is 22.3 Å². The summed E-state index contributed by atoms with van der Waals surface area (Å²) in [7, 11) is -4.00. The molecule has 1 atom stereocenters. The van der Waals surface area contributed by atoms with Gasteiger partial charge in [0.05, 0.1) is 10.6 Å². The molecule has 37 heavy (non-hydrogen) atoms. The van der Waals surface area contributed by atoms with Crippen molar-refractivity contribution in [1.29, 1.82) is 0 Å². The Balaban J connectivity index is 1.64. The molecule has 0 saturated heterocycles. The van der Waals surface area contributed by atoms with E-state index < -0.39 is 22.0 Å². The van der Waals surface area contributed by atoms with Gasteiger partial charge in [-0.2, -0.15) is 4.72 Å². The second-order valence-electron chi connectivity index (χ2n) is 8.99. The number of nitrogens with one attached hydrogen (secondary N) is 2. The van der Waals surface area contributed by atoms with Crippen molar-refractivity contribution in [2.45, 2.75) is 38.1 Å². The molecule has 7 heteroatoms. The highest BCUT2D eigenvalue weighted by molar-refractivity contribution is 7.89. The van der Waals surface area contributed by atoms with Crippen molar-refractivity contribution in [3.63, 3.8) is 0 Å². The van der Waals surface area contributed by atoms with Crippen molar-refractivity contribution in [3.05, 3.63) is 119 Å². The molecule has 0 heterocycles. The zero-order chi connectivity index (χ0) is 26.4. The first-order chi connectivity index (χ1) is 17.7. The second-order valence-corrected chi connectivity index (χ2v) is 10.6. The summed E-state index contributed by atoms with van der Waals surface area (Å²) in [5.41, 5.74) is 3.51. The summed E-state index contributed by atoms with van der Waals surface area (Å²) >= 11 is 0. The number of anilines is 1. The minimum absolute atomic E-state index is 0.178. The van der Waals surface area contributed by atoms with Gasteiger partial charge in [-0.15, -0.1) is 0 Å². The lowest BCUT2D eigenvalue weighted by Crippen LogP contribution is -2.45. The summed E-state index contributed by atoms with van der Waals surface area (Å²) in [5, 5.41) is 2.87. The number of amides is 1. The summed E-state index contributed by atoms with van der Waals surface area (Å²) in [6, 6.07) is 28.2. The third-order valence-electron chi connectivity index (χ3n) is 5.89. The summed E-state index contributed by atoms with van der Waals surface area (Å²) in [6.45, 7) is 5.44. The Morgan fingerprint density at radius 2 is 1.38 bits per heavy atom. The second kappa shape index (κ2) is 11.4. The Labute approximate surface area is 218 Å². The molecule has 6 nitrogen and oxygen atoms in total. The highest BCUT2D eigenvalue weighted by Gasteiger charge is 2.29. The number of benzene rings is 4. The van der Waals surface area contributed by atoms with Gasteiger partial charge in [-0.25, -0.2) is 8.42 Å². The van der Waals surface area contributed by atoms with Crippen LogP contribution < -0.4 is 14.8 Å². The molecule has 1 amide bonds. The zero-order valence-electron chi connectivity index (χ0n) is 21.1. The van der Waals surface area contributed by atoms with E-state index in [9.17, 15) is 13.2 Å². The van der Waals surface area contributed by atoms with Gasteiger partial charge in [-0.1, -0.05) is 78.4 Å². The number of para-hydroxylation sites is 3. The van der Waals surface area contributed by atoms with Gasteiger partial charge in [0.15, 0.2) is 5.75 Å². The average molecular weight is 515 g/mol. The van der Waals surface area contributed by atoms with Crippen LogP contribution in [0.25, 0.3) is 0 Å². The highest BCUT2D eigenvalue weighted by atomic mass is 32.2. The Morgan fingerprint density at radius 3 is 2.03 bits per heavy atom. The average Bonchev–Trinajstić information content (AvgIpc) is 2.85. The summed E-state index contributed by atoms with van der Waals surface area (Å²) in [6.07, 6.45) is 0.178. The van der Waals surface area contributed by atoms with Crippen LogP contribution in [0.3, 0.4) is 0 Å². The van der Waals surface area contributed by atoms with Crippen LogP contribution in [-0.4, -0.2) is 20.4 Å². The van der Waals surface area contributed by atoms with Gasteiger partial charge >= 0.3 is 0 Å². The number of ether oxygens (including phenoxy) is 1. The predicted octanol–water partition coefficient (Wildman–Crippen LogP) is 5.93. The lowest BCUT2D eigenvalue weighted by molar-refractivity contribution is -0.117. The number of rotatable bonds is 9. The molecule has 0 aliphatic carbocycles. The number of hydrogen-bond acceptors (Lipinski definition) is 4. The number of aryl methyl sites for hydroxylation is 3. The number of carbonyl (C=O) groups excluding carboxylic acids is 1. The van der Waals surface area contributed by atoms with Crippen molar-refractivity contribution in [1.82, 2.24) is 4.72 Å². The van der Waals surface area contributed by atoms with Gasteiger partial charge in [0.25, 0.3) is 0 Å². The maximum absolute atomic E-state index is 13.6. The van der Waals surface area contributed by atoms with Crippen LogP contribution in [0.15, 0.2) is 102 Å². The first kappa shape index (κ1) is 26.1. The van der Waals surface area contributed by atoms with Crippen LogP contribution in [-0.2, 0) is 21.2 Å². The topological polar surface area (TPSA) is 84.5 Å². The van der Waals surface area contributed by atoms with Gasteiger partial charge in [0.2, 0.25) is 15.9 Å². The molecule has 2 N–H and O–H groups in total. The van der Waals surface area contributed by atoms with Crippen molar-refractivity contribution in [2.75, 3.05) is 5.32 Å².